The molecule has 0 amide bonds. The van der Waals surface area contributed by atoms with E-state index in [9.17, 15) is 0 Å². The zero-order valence-electron chi connectivity index (χ0n) is 12.3. The lowest BCUT2D eigenvalue weighted by Gasteiger charge is -2.44. The molecule has 2 atom stereocenters. The summed E-state index contributed by atoms with van der Waals surface area (Å²) in [4.78, 5) is 2.91. The van der Waals surface area contributed by atoms with E-state index in [1.54, 1.807) is 0 Å². The average Bonchev–Trinajstić information content (AvgIpc) is 3.34. The van der Waals surface area contributed by atoms with Crippen molar-refractivity contribution in [3.8, 4) is 0 Å². The van der Waals surface area contributed by atoms with Crippen LogP contribution < -0.4 is 5.32 Å². The van der Waals surface area contributed by atoms with E-state index in [0.29, 0.717) is 0 Å². The first-order chi connectivity index (χ1) is 9.40. The van der Waals surface area contributed by atoms with Gasteiger partial charge in [0.2, 0.25) is 0 Å². The van der Waals surface area contributed by atoms with Crippen LogP contribution in [0.25, 0.3) is 0 Å². The molecule has 0 spiro atoms. The zero-order chi connectivity index (χ0) is 12.7. The molecule has 108 valence electrons. The maximum absolute atomic E-state index is 3.94. The maximum Gasteiger partial charge on any atom is 0.0249 e. The van der Waals surface area contributed by atoms with Crippen molar-refractivity contribution in [2.45, 2.75) is 69.9 Å². The molecule has 0 aromatic carbocycles. The van der Waals surface area contributed by atoms with Crippen molar-refractivity contribution in [2.75, 3.05) is 19.6 Å². The quantitative estimate of drug-likeness (QED) is 0.838. The van der Waals surface area contributed by atoms with Crippen LogP contribution in [0.5, 0.6) is 0 Å². The predicted molar refractivity (Wildman–Crippen MR) is 79.2 cm³/mol. The van der Waals surface area contributed by atoms with Crippen molar-refractivity contribution in [3.05, 3.63) is 0 Å². The minimum atomic E-state index is 0.814. The molecule has 0 radical (unpaired) electrons. The molecule has 1 heterocycles. The van der Waals surface area contributed by atoms with Gasteiger partial charge in [0, 0.05) is 31.7 Å². The Labute approximate surface area is 118 Å². The number of hydrogen-bond acceptors (Lipinski definition) is 2. The summed E-state index contributed by atoms with van der Waals surface area (Å²) < 4.78 is 0. The summed E-state index contributed by atoms with van der Waals surface area (Å²) in [6.45, 7) is 4.08. The highest BCUT2D eigenvalue weighted by Gasteiger charge is 2.41. The highest BCUT2D eigenvalue weighted by Crippen LogP contribution is 2.40. The normalized spacial score (nSPS) is 38.5. The van der Waals surface area contributed by atoms with Gasteiger partial charge in [-0.3, -0.25) is 4.90 Å². The number of rotatable bonds is 4. The topological polar surface area (TPSA) is 15.3 Å². The first kappa shape index (κ1) is 12.6. The highest BCUT2D eigenvalue weighted by molar-refractivity contribution is 4.98. The van der Waals surface area contributed by atoms with Crippen molar-refractivity contribution in [2.24, 2.45) is 17.8 Å². The minimum Gasteiger partial charge on any atom is -0.311 e. The molecule has 2 nitrogen and oxygen atoms in total. The molecule has 19 heavy (non-hydrogen) atoms. The Morgan fingerprint density at radius 2 is 1.63 bits per heavy atom. The van der Waals surface area contributed by atoms with Crippen LogP contribution in [0.1, 0.15) is 57.8 Å². The Hall–Kier alpha value is -0.0800. The molecule has 1 saturated heterocycles. The van der Waals surface area contributed by atoms with Crippen molar-refractivity contribution in [1.82, 2.24) is 10.2 Å². The van der Waals surface area contributed by atoms with Crippen LogP contribution in [0.2, 0.25) is 0 Å². The summed E-state index contributed by atoms with van der Waals surface area (Å²) in [5, 5.41) is 3.94. The Morgan fingerprint density at radius 3 is 2.32 bits per heavy atom. The Morgan fingerprint density at radius 1 is 0.842 bits per heavy atom. The molecule has 2 heteroatoms. The molecule has 4 fully saturated rings. The van der Waals surface area contributed by atoms with Gasteiger partial charge in [0.05, 0.1) is 0 Å². The molecule has 2 unspecified atom stereocenters. The third-order valence-corrected chi connectivity index (χ3v) is 6.06. The summed E-state index contributed by atoms with van der Waals surface area (Å²) in [7, 11) is 0. The van der Waals surface area contributed by atoms with Gasteiger partial charge in [0.25, 0.3) is 0 Å². The first-order valence-electron chi connectivity index (χ1n) is 8.87. The number of piperazine rings is 1. The van der Waals surface area contributed by atoms with Crippen LogP contribution in [-0.2, 0) is 0 Å². The third kappa shape index (κ3) is 3.00. The van der Waals surface area contributed by atoms with Crippen LogP contribution in [0.4, 0.5) is 0 Å². The molecule has 0 aromatic heterocycles. The predicted octanol–water partition coefficient (Wildman–Crippen LogP) is 3.03. The highest BCUT2D eigenvalue weighted by atomic mass is 15.2. The van der Waals surface area contributed by atoms with E-state index in [0.717, 1.165) is 29.8 Å². The molecule has 4 aliphatic rings. The molecule has 0 aromatic rings. The van der Waals surface area contributed by atoms with E-state index >= 15 is 0 Å². The molecular formula is C17H30N2. The molecule has 3 saturated carbocycles. The van der Waals surface area contributed by atoms with Gasteiger partial charge in [-0.25, -0.2) is 0 Å². The van der Waals surface area contributed by atoms with Gasteiger partial charge in [-0.1, -0.05) is 19.3 Å². The standard InChI is InChI=1S/C17H30N2/c1-2-4-14(5-3-1)16-12-19(11-13-6-7-13)17(10-18-16)15-8-9-15/h13-18H,1-12H2. The van der Waals surface area contributed by atoms with Gasteiger partial charge in [-0.2, -0.15) is 0 Å². The fourth-order valence-corrected chi connectivity index (χ4v) is 4.49. The van der Waals surface area contributed by atoms with Crippen molar-refractivity contribution in [1.29, 1.82) is 0 Å². The summed E-state index contributed by atoms with van der Waals surface area (Å²) in [5.41, 5.74) is 0. The second-order valence-electron chi connectivity index (χ2n) is 7.71. The lowest BCUT2D eigenvalue weighted by Crippen LogP contribution is -2.59. The van der Waals surface area contributed by atoms with Crippen LogP contribution in [0, 0.1) is 17.8 Å². The summed E-state index contributed by atoms with van der Waals surface area (Å²) in [6, 6.07) is 1.70. The van der Waals surface area contributed by atoms with Crippen molar-refractivity contribution < 1.29 is 0 Å². The van der Waals surface area contributed by atoms with Gasteiger partial charge in [-0.05, 0) is 56.3 Å². The minimum absolute atomic E-state index is 0.814. The van der Waals surface area contributed by atoms with Crippen LogP contribution >= 0.6 is 0 Å². The smallest absolute Gasteiger partial charge is 0.0249 e. The van der Waals surface area contributed by atoms with Crippen LogP contribution in [0.15, 0.2) is 0 Å². The molecule has 4 rings (SSSR count). The largest absolute Gasteiger partial charge is 0.311 e. The molecule has 1 aliphatic heterocycles. The Bertz CT molecular complexity index is 302. The van der Waals surface area contributed by atoms with Crippen molar-refractivity contribution in [3.63, 3.8) is 0 Å². The van der Waals surface area contributed by atoms with Crippen molar-refractivity contribution >= 4 is 0 Å². The maximum atomic E-state index is 3.94. The van der Waals surface area contributed by atoms with E-state index in [4.69, 9.17) is 0 Å². The molecule has 0 bridgehead atoms. The van der Waals surface area contributed by atoms with Crippen LogP contribution in [0.3, 0.4) is 0 Å². The SMILES string of the molecule is C1CCC(C2CN(CC3CC3)C(C3CC3)CN2)CC1. The van der Waals surface area contributed by atoms with E-state index in [-0.39, 0.29) is 0 Å². The van der Waals surface area contributed by atoms with Gasteiger partial charge < -0.3 is 5.32 Å². The lowest BCUT2D eigenvalue weighted by molar-refractivity contribution is 0.0805. The van der Waals surface area contributed by atoms with E-state index in [2.05, 4.69) is 10.2 Å². The lowest BCUT2D eigenvalue weighted by atomic mass is 9.82. The molecule has 1 N–H and O–H groups in total. The van der Waals surface area contributed by atoms with Gasteiger partial charge in [-0.15, -0.1) is 0 Å². The van der Waals surface area contributed by atoms with Crippen LogP contribution in [-0.4, -0.2) is 36.6 Å². The van der Waals surface area contributed by atoms with Gasteiger partial charge >= 0.3 is 0 Å². The second-order valence-corrected chi connectivity index (χ2v) is 7.71. The first-order valence-corrected chi connectivity index (χ1v) is 8.87. The second kappa shape index (κ2) is 5.37. The fourth-order valence-electron chi connectivity index (χ4n) is 4.49. The number of nitrogens with one attached hydrogen (secondary N) is 1. The Balaban J connectivity index is 1.38. The molecular weight excluding hydrogens is 232 g/mol. The zero-order valence-corrected chi connectivity index (χ0v) is 12.3. The third-order valence-electron chi connectivity index (χ3n) is 6.06. The monoisotopic (exact) mass is 262 g/mol. The van der Waals surface area contributed by atoms with E-state index in [1.165, 1.54) is 77.4 Å². The van der Waals surface area contributed by atoms with E-state index < -0.39 is 0 Å². The van der Waals surface area contributed by atoms with Gasteiger partial charge in [0.15, 0.2) is 0 Å². The number of hydrogen-bond donors (Lipinski definition) is 1. The average molecular weight is 262 g/mol. The molecule has 3 aliphatic carbocycles. The van der Waals surface area contributed by atoms with Gasteiger partial charge in [0.1, 0.15) is 0 Å². The Kier molecular flexibility index (Phi) is 3.57. The number of nitrogens with zero attached hydrogens (tertiary/aromatic N) is 1. The summed E-state index contributed by atoms with van der Waals surface area (Å²) in [5.74, 6) is 3.08. The summed E-state index contributed by atoms with van der Waals surface area (Å²) >= 11 is 0. The van der Waals surface area contributed by atoms with E-state index in [1.807, 2.05) is 0 Å². The summed E-state index contributed by atoms with van der Waals surface area (Å²) in [6.07, 6.45) is 13.5. The fraction of sp³-hybridized carbons (Fsp3) is 1.00.